The van der Waals surface area contributed by atoms with E-state index in [0.29, 0.717) is 0 Å². The van der Waals surface area contributed by atoms with Crippen molar-refractivity contribution in [1.82, 2.24) is 3.97 Å². The van der Waals surface area contributed by atoms with Crippen LogP contribution in [0.4, 0.5) is 13.2 Å². The Morgan fingerprint density at radius 2 is 1.76 bits per heavy atom. The third kappa shape index (κ3) is 4.53. The molecule has 3 aromatic rings. The van der Waals surface area contributed by atoms with Gasteiger partial charge in [0.15, 0.2) is 0 Å². The number of hydrogen-bond donors (Lipinski definition) is 0. The minimum absolute atomic E-state index is 0.00689. The summed E-state index contributed by atoms with van der Waals surface area (Å²) < 4.78 is 73.4. The third-order valence-corrected chi connectivity index (χ3v) is 5.91. The summed E-state index contributed by atoms with van der Waals surface area (Å²) in [4.78, 5) is 11.5. The van der Waals surface area contributed by atoms with Crippen LogP contribution in [0.3, 0.4) is 0 Å². The van der Waals surface area contributed by atoms with Crippen molar-refractivity contribution in [2.45, 2.75) is 24.1 Å². The van der Waals surface area contributed by atoms with Crippen molar-refractivity contribution in [1.29, 1.82) is 0 Å². The van der Waals surface area contributed by atoms with Gasteiger partial charge >= 0.3 is 12.3 Å². The lowest BCUT2D eigenvalue weighted by Crippen LogP contribution is -2.17. The number of aromatic nitrogens is 1. The number of esters is 1. The van der Waals surface area contributed by atoms with Gasteiger partial charge in [-0.2, -0.15) is 0 Å². The molecule has 29 heavy (non-hydrogen) atoms. The first-order valence-electron chi connectivity index (χ1n) is 8.39. The Morgan fingerprint density at radius 3 is 2.38 bits per heavy atom. The minimum Gasteiger partial charge on any atom is -0.469 e. The first kappa shape index (κ1) is 20.7. The molecular weight excluding hydrogens is 411 g/mol. The summed E-state index contributed by atoms with van der Waals surface area (Å²) in [6, 6.07) is 12.4. The Labute approximate surface area is 164 Å². The number of carbonyl (C=O) groups excluding carboxylic acids is 1. The number of ether oxygens (including phenoxy) is 2. The van der Waals surface area contributed by atoms with Crippen LogP contribution in [0.25, 0.3) is 10.9 Å². The molecule has 1 heterocycles. The van der Waals surface area contributed by atoms with Crippen molar-refractivity contribution in [3.05, 3.63) is 60.3 Å². The van der Waals surface area contributed by atoms with Gasteiger partial charge in [0.05, 0.1) is 23.9 Å². The standard InChI is InChI=1S/C19H16F3NO5S/c1-27-18(24)10-7-14-11-13-12-15(28-19(20,21)22)8-9-17(13)23(14)29(25,26)16-5-3-2-4-6-16/h2-6,8-9,11-12H,7,10H2,1H3. The lowest BCUT2D eigenvalue weighted by atomic mass is 10.2. The maximum Gasteiger partial charge on any atom is 0.573 e. The van der Waals surface area contributed by atoms with E-state index in [1.807, 2.05) is 0 Å². The summed E-state index contributed by atoms with van der Waals surface area (Å²) in [5, 5.41) is 0.228. The van der Waals surface area contributed by atoms with Crippen molar-refractivity contribution in [3.63, 3.8) is 0 Å². The molecule has 1 aromatic heterocycles. The normalized spacial score (nSPS) is 12.1. The maximum absolute atomic E-state index is 13.2. The Kier molecular flexibility index (Phi) is 5.56. The molecule has 0 amide bonds. The van der Waals surface area contributed by atoms with Crippen molar-refractivity contribution in [3.8, 4) is 5.75 Å². The van der Waals surface area contributed by atoms with E-state index in [9.17, 15) is 26.4 Å². The molecule has 3 rings (SSSR count). The number of methoxy groups -OCH3 is 1. The van der Waals surface area contributed by atoms with Crippen LogP contribution >= 0.6 is 0 Å². The van der Waals surface area contributed by atoms with Gasteiger partial charge in [0.25, 0.3) is 10.0 Å². The van der Waals surface area contributed by atoms with Crippen LogP contribution in [-0.2, 0) is 26.0 Å². The quantitative estimate of drug-likeness (QED) is 0.558. The fraction of sp³-hybridized carbons (Fsp3) is 0.211. The lowest BCUT2D eigenvalue weighted by molar-refractivity contribution is -0.274. The van der Waals surface area contributed by atoms with Gasteiger partial charge in [-0.05, 0) is 42.8 Å². The number of alkyl halides is 3. The predicted octanol–water partition coefficient (Wildman–Crippen LogP) is 3.88. The smallest absolute Gasteiger partial charge is 0.469 e. The molecule has 10 heteroatoms. The highest BCUT2D eigenvalue weighted by Gasteiger charge is 2.31. The molecule has 2 aromatic carbocycles. The highest BCUT2D eigenvalue weighted by molar-refractivity contribution is 7.90. The Hall–Kier alpha value is -3.01. The molecular formula is C19H16F3NO5S. The highest BCUT2D eigenvalue weighted by Crippen LogP contribution is 2.31. The van der Waals surface area contributed by atoms with E-state index in [1.165, 1.54) is 31.4 Å². The second-order valence-corrected chi connectivity index (χ2v) is 7.85. The van der Waals surface area contributed by atoms with Gasteiger partial charge < -0.3 is 9.47 Å². The van der Waals surface area contributed by atoms with Crippen LogP contribution in [0.1, 0.15) is 12.1 Å². The summed E-state index contributed by atoms with van der Waals surface area (Å²) in [6.07, 6.45) is -4.95. The summed E-state index contributed by atoms with van der Waals surface area (Å²) in [5.74, 6) is -1.02. The molecule has 0 aliphatic rings. The molecule has 0 aliphatic heterocycles. The summed E-state index contributed by atoms with van der Waals surface area (Å²) in [6.45, 7) is 0. The number of rotatable bonds is 6. The van der Waals surface area contributed by atoms with E-state index in [-0.39, 0.29) is 34.3 Å². The van der Waals surface area contributed by atoms with Gasteiger partial charge in [0.1, 0.15) is 5.75 Å². The fourth-order valence-electron chi connectivity index (χ4n) is 2.91. The van der Waals surface area contributed by atoms with Gasteiger partial charge in [-0.3, -0.25) is 4.79 Å². The van der Waals surface area contributed by atoms with Crippen molar-refractivity contribution in [2.75, 3.05) is 7.11 Å². The monoisotopic (exact) mass is 427 g/mol. The minimum atomic E-state index is -4.87. The second kappa shape index (κ2) is 7.78. The molecule has 0 bridgehead atoms. The largest absolute Gasteiger partial charge is 0.573 e. The number of benzene rings is 2. The molecule has 0 saturated heterocycles. The van der Waals surface area contributed by atoms with Crippen LogP contribution in [0.2, 0.25) is 0 Å². The molecule has 0 radical (unpaired) electrons. The predicted molar refractivity (Wildman–Crippen MR) is 98.0 cm³/mol. The molecule has 0 atom stereocenters. The number of hydrogen-bond acceptors (Lipinski definition) is 5. The maximum atomic E-state index is 13.2. The number of fused-ring (bicyclic) bond motifs is 1. The van der Waals surface area contributed by atoms with E-state index in [2.05, 4.69) is 9.47 Å². The summed E-state index contributed by atoms with van der Waals surface area (Å²) in [5.41, 5.74) is 0.404. The second-order valence-electron chi connectivity index (χ2n) is 6.06. The molecule has 0 aliphatic carbocycles. The highest BCUT2D eigenvalue weighted by atomic mass is 32.2. The van der Waals surface area contributed by atoms with Gasteiger partial charge in [0.2, 0.25) is 0 Å². The Morgan fingerprint density at radius 1 is 1.07 bits per heavy atom. The number of halogens is 3. The van der Waals surface area contributed by atoms with Crippen LogP contribution < -0.4 is 4.74 Å². The van der Waals surface area contributed by atoms with E-state index < -0.39 is 28.1 Å². The van der Waals surface area contributed by atoms with Gasteiger partial charge in [-0.15, -0.1) is 13.2 Å². The first-order valence-corrected chi connectivity index (χ1v) is 9.83. The SMILES string of the molecule is COC(=O)CCc1cc2cc(OC(F)(F)F)ccc2n1S(=O)(=O)c1ccccc1. The fourth-order valence-corrected chi connectivity index (χ4v) is 4.50. The van der Waals surface area contributed by atoms with Crippen molar-refractivity contribution in [2.24, 2.45) is 0 Å². The first-order chi connectivity index (χ1) is 13.6. The Balaban J connectivity index is 2.15. The van der Waals surface area contributed by atoms with Crippen molar-refractivity contribution < 1.29 is 35.9 Å². The van der Waals surface area contributed by atoms with Gasteiger partial charge in [-0.25, -0.2) is 12.4 Å². The molecule has 0 N–H and O–H groups in total. The molecule has 154 valence electrons. The van der Waals surface area contributed by atoms with Crippen molar-refractivity contribution >= 4 is 26.9 Å². The molecule has 0 fully saturated rings. The average Bonchev–Trinajstić information content (AvgIpc) is 3.03. The van der Waals surface area contributed by atoms with Crippen LogP contribution in [0.15, 0.2) is 59.5 Å². The zero-order valence-electron chi connectivity index (χ0n) is 15.1. The molecule has 0 spiro atoms. The Bertz CT molecular complexity index is 1140. The van der Waals surface area contributed by atoms with Crippen LogP contribution in [0, 0.1) is 0 Å². The van der Waals surface area contributed by atoms with E-state index in [1.54, 1.807) is 18.2 Å². The number of aryl methyl sites for hydroxylation is 1. The summed E-state index contributed by atoms with van der Waals surface area (Å²) >= 11 is 0. The molecule has 0 unspecified atom stereocenters. The van der Waals surface area contributed by atoms with Crippen LogP contribution in [0.5, 0.6) is 5.75 Å². The van der Waals surface area contributed by atoms with E-state index in [0.717, 1.165) is 16.1 Å². The summed E-state index contributed by atoms with van der Waals surface area (Å²) in [7, 11) is -2.85. The lowest BCUT2D eigenvalue weighted by Gasteiger charge is -2.12. The average molecular weight is 427 g/mol. The number of carbonyl (C=O) groups is 1. The third-order valence-electron chi connectivity index (χ3n) is 4.13. The topological polar surface area (TPSA) is 74.6 Å². The van der Waals surface area contributed by atoms with E-state index in [4.69, 9.17) is 0 Å². The number of nitrogens with zero attached hydrogens (tertiary/aromatic N) is 1. The molecule has 0 saturated carbocycles. The van der Waals surface area contributed by atoms with Crippen LogP contribution in [-0.4, -0.2) is 31.8 Å². The van der Waals surface area contributed by atoms with Gasteiger partial charge in [-0.1, -0.05) is 18.2 Å². The van der Waals surface area contributed by atoms with Gasteiger partial charge in [0, 0.05) is 11.1 Å². The zero-order chi connectivity index (χ0) is 21.2. The van der Waals surface area contributed by atoms with E-state index >= 15 is 0 Å². The molecule has 6 nitrogen and oxygen atoms in total. The zero-order valence-corrected chi connectivity index (χ0v) is 16.0.